The first-order valence-electron chi connectivity index (χ1n) is 7.31. The van der Waals surface area contributed by atoms with Crippen LogP contribution in [0.25, 0.3) is 0 Å². The molecule has 0 aliphatic rings. The molecule has 0 unspecified atom stereocenters. The van der Waals surface area contributed by atoms with Crippen LogP contribution >= 0.6 is 0 Å². The van der Waals surface area contributed by atoms with Gasteiger partial charge in [-0.1, -0.05) is 0 Å². The van der Waals surface area contributed by atoms with Crippen LogP contribution in [0.2, 0.25) is 6.04 Å². The molecule has 0 aromatic heterocycles. The Balaban J connectivity index is 4.11. The van der Waals surface area contributed by atoms with Crippen molar-refractivity contribution in [1.29, 1.82) is 0 Å². The minimum absolute atomic E-state index is 0.111. The highest BCUT2D eigenvalue weighted by Gasteiger charge is 2.39. The van der Waals surface area contributed by atoms with Gasteiger partial charge in [0.25, 0.3) is 0 Å². The van der Waals surface area contributed by atoms with Crippen LogP contribution in [0.5, 0.6) is 0 Å². The lowest BCUT2D eigenvalue weighted by molar-refractivity contribution is -0.143. The third-order valence-electron chi connectivity index (χ3n) is 2.46. The van der Waals surface area contributed by atoms with Crippen molar-refractivity contribution in [1.82, 2.24) is 5.32 Å². The fourth-order valence-electron chi connectivity index (χ4n) is 1.72. The molecule has 0 aliphatic heterocycles. The van der Waals surface area contributed by atoms with Gasteiger partial charge in [-0.2, -0.15) is 0 Å². The molecule has 124 valence electrons. The Bertz CT molecular complexity index is 296. The van der Waals surface area contributed by atoms with Crippen molar-refractivity contribution in [2.24, 2.45) is 0 Å². The van der Waals surface area contributed by atoms with Gasteiger partial charge in [-0.05, 0) is 27.2 Å². The van der Waals surface area contributed by atoms with E-state index in [0.29, 0.717) is 32.3 Å². The van der Waals surface area contributed by atoms with E-state index in [4.69, 9.17) is 18.0 Å². The smallest absolute Gasteiger partial charge is 0.464 e. The number of hydrogen-bond acceptors (Lipinski definition) is 6. The Kier molecular flexibility index (Phi) is 11.1. The largest absolute Gasteiger partial charge is 0.501 e. The number of rotatable bonds is 12. The van der Waals surface area contributed by atoms with Gasteiger partial charge in [-0.3, -0.25) is 9.59 Å². The molecular weight excluding hydrogens is 294 g/mol. The summed E-state index contributed by atoms with van der Waals surface area (Å²) in [7, 11) is -2.66. The molecule has 0 radical (unpaired) electrons. The second-order valence-electron chi connectivity index (χ2n) is 4.22. The minimum Gasteiger partial charge on any atom is -0.464 e. The van der Waals surface area contributed by atoms with E-state index in [1.54, 1.807) is 0 Å². The third kappa shape index (κ3) is 9.56. The molecule has 0 spiro atoms. The first kappa shape index (κ1) is 20.0. The molecule has 1 amide bonds. The van der Waals surface area contributed by atoms with Gasteiger partial charge in [0.2, 0.25) is 5.91 Å². The van der Waals surface area contributed by atoms with Crippen LogP contribution in [0.15, 0.2) is 0 Å². The maximum absolute atomic E-state index is 11.3. The number of ether oxygens (including phenoxy) is 1. The molecule has 1 N–H and O–H groups in total. The quantitative estimate of drug-likeness (QED) is 0.329. The van der Waals surface area contributed by atoms with E-state index < -0.39 is 14.8 Å². The highest BCUT2D eigenvalue weighted by atomic mass is 28.4. The van der Waals surface area contributed by atoms with Crippen LogP contribution in [0.4, 0.5) is 0 Å². The molecule has 8 heteroatoms. The van der Waals surface area contributed by atoms with Crippen molar-refractivity contribution < 1.29 is 27.6 Å². The average molecular weight is 321 g/mol. The molecule has 0 aromatic rings. The lowest BCUT2D eigenvalue weighted by Crippen LogP contribution is -2.46. The molecule has 0 bridgehead atoms. The Morgan fingerprint density at radius 3 is 1.95 bits per heavy atom. The lowest BCUT2D eigenvalue weighted by atomic mass is 10.5. The van der Waals surface area contributed by atoms with Gasteiger partial charge in [0.15, 0.2) is 0 Å². The van der Waals surface area contributed by atoms with Gasteiger partial charge in [-0.15, -0.1) is 0 Å². The van der Waals surface area contributed by atoms with Crippen LogP contribution in [-0.4, -0.2) is 53.7 Å². The highest BCUT2D eigenvalue weighted by Crippen LogP contribution is 2.18. The standard InChI is InChI=1S/C13H27NO6Si/c1-5-18-21(19-6-2,20-7-3)10-8-9-17-13(16)11-14-12(4)15/h5-11H2,1-4H3,(H,14,15). The summed E-state index contributed by atoms with van der Waals surface area (Å²) in [5, 5.41) is 2.38. The van der Waals surface area contributed by atoms with Crippen molar-refractivity contribution in [3.63, 3.8) is 0 Å². The van der Waals surface area contributed by atoms with E-state index in [1.165, 1.54) is 6.92 Å². The van der Waals surface area contributed by atoms with Crippen molar-refractivity contribution in [3.8, 4) is 0 Å². The second-order valence-corrected chi connectivity index (χ2v) is 6.95. The van der Waals surface area contributed by atoms with Crippen molar-refractivity contribution >= 4 is 20.7 Å². The van der Waals surface area contributed by atoms with E-state index in [9.17, 15) is 9.59 Å². The van der Waals surface area contributed by atoms with Gasteiger partial charge in [0, 0.05) is 32.8 Å². The van der Waals surface area contributed by atoms with Crippen LogP contribution in [-0.2, 0) is 27.6 Å². The van der Waals surface area contributed by atoms with Crippen molar-refractivity contribution in [2.45, 2.75) is 40.2 Å². The zero-order chi connectivity index (χ0) is 16.1. The summed E-state index contributed by atoms with van der Waals surface area (Å²) in [5.74, 6) is -0.718. The number of hydrogen-bond donors (Lipinski definition) is 1. The van der Waals surface area contributed by atoms with Gasteiger partial charge >= 0.3 is 14.8 Å². The molecule has 0 atom stereocenters. The molecule has 0 heterocycles. The molecule has 0 aliphatic carbocycles. The van der Waals surface area contributed by atoms with Crippen molar-refractivity contribution in [3.05, 3.63) is 0 Å². The monoisotopic (exact) mass is 321 g/mol. The summed E-state index contributed by atoms with van der Waals surface area (Å²) < 4.78 is 22.1. The number of carbonyl (C=O) groups is 2. The van der Waals surface area contributed by atoms with E-state index >= 15 is 0 Å². The number of esters is 1. The van der Waals surface area contributed by atoms with Crippen molar-refractivity contribution in [2.75, 3.05) is 33.0 Å². The van der Waals surface area contributed by atoms with Crippen LogP contribution < -0.4 is 5.32 Å². The molecule has 0 fully saturated rings. The predicted molar refractivity (Wildman–Crippen MR) is 79.7 cm³/mol. The summed E-state index contributed by atoms with van der Waals surface area (Å²) in [5.41, 5.74) is 0. The summed E-state index contributed by atoms with van der Waals surface area (Å²) in [6.07, 6.45) is 0.595. The normalized spacial score (nSPS) is 11.2. The minimum atomic E-state index is -2.66. The molecular formula is C13H27NO6Si. The zero-order valence-corrected chi connectivity index (χ0v) is 14.4. The lowest BCUT2D eigenvalue weighted by Gasteiger charge is -2.28. The molecule has 7 nitrogen and oxygen atoms in total. The van der Waals surface area contributed by atoms with E-state index in [-0.39, 0.29) is 19.1 Å². The summed E-state index contributed by atoms with van der Waals surface area (Å²) in [6.45, 7) is 8.74. The number of carbonyl (C=O) groups excluding carboxylic acids is 2. The number of nitrogens with one attached hydrogen (secondary N) is 1. The predicted octanol–water partition coefficient (Wildman–Crippen LogP) is 1.10. The topological polar surface area (TPSA) is 83.1 Å². The van der Waals surface area contributed by atoms with E-state index in [2.05, 4.69) is 5.32 Å². The zero-order valence-electron chi connectivity index (χ0n) is 13.4. The van der Waals surface area contributed by atoms with Crippen LogP contribution in [0.3, 0.4) is 0 Å². The van der Waals surface area contributed by atoms with Gasteiger partial charge < -0.3 is 23.3 Å². The first-order chi connectivity index (χ1) is 9.99. The molecule has 21 heavy (non-hydrogen) atoms. The van der Waals surface area contributed by atoms with Gasteiger partial charge in [-0.25, -0.2) is 0 Å². The van der Waals surface area contributed by atoms with Gasteiger partial charge in [0.1, 0.15) is 6.54 Å². The Morgan fingerprint density at radius 2 is 1.52 bits per heavy atom. The molecule has 0 saturated heterocycles. The number of amides is 1. The molecule has 0 rings (SSSR count). The first-order valence-corrected chi connectivity index (χ1v) is 9.24. The third-order valence-corrected chi connectivity index (χ3v) is 5.62. The molecule has 0 aromatic carbocycles. The Hall–Kier alpha value is -0.963. The SMILES string of the molecule is CCO[Si](CCCOC(=O)CNC(C)=O)(OCC)OCC. The summed E-state index contributed by atoms with van der Waals surface area (Å²) >= 11 is 0. The van der Waals surface area contributed by atoms with Crippen LogP contribution in [0, 0.1) is 0 Å². The summed E-state index contributed by atoms with van der Waals surface area (Å²) in [6, 6.07) is 0.593. The average Bonchev–Trinajstić information content (AvgIpc) is 2.42. The van der Waals surface area contributed by atoms with Gasteiger partial charge in [0.05, 0.1) is 6.61 Å². The van der Waals surface area contributed by atoms with E-state index in [0.717, 1.165) is 0 Å². The molecule has 0 saturated carbocycles. The Labute approximate surface area is 127 Å². The van der Waals surface area contributed by atoms with Crippen LogP contribution in [0.1, 0.15) is 34.1 Å². The fraction of sp³-hybridized carbons (Fsp3) is 0.846. The maximum atomic E-state index is 11.3. The highest BCUT2D eigenvalue weighted by molar-refractivity contribution is 6.60. The van der Waals surface area contributed by atoms with E-state index in [1.807, 2.05) is 20.8 Å². The summed E-state index contributed by atoms with van der Waals surface area (Å²) in [4.78, 5) is 22.0. The maximum Gasteiger partial charge on any atom is 0.501 e. The Morgan fingerprint density at radius 1 is 1.00 bits per heavy atom. The second kappa shape index (κ2) is 11.7. The fourth-order valence-corrected chi connectivity index (χ4v) is 4.30.